The summed E-state index contributed by atoms with van der Waals surface area (Å²) in [5.74, 6) is -0.987. The van der Waals surface area contributed by atoms with Gasteiger partial charge in [0.05, 0.1) is 11.4 Å². The van der Waals surface area contributed by atoms with Gasteiger partial charge in [-0.25, -0.2) is 4.68 Å². The molecule has 4 heterocycles. The molecule has 1 aromatic carbocycles. The zero-order valence-electron chi connectivity index (χ0n) is 26.0. The van der Waals surface area contributed by atoms with E-state index in [1.165, 1.54) is 22.4 Å². The number of nitrogens with two attached hydrogens (primary N) is 1. The molecule has 1 aliphatic carbocycles. The lowest BCUT2D eigenvalue weighted by atomic mass is 9.76. The van der Waals surface area contributed by atoms with Crippen LogP contribution in [0.4, 0.5) is 24.9 Å². The normalized spacial score (nSPS) is 22.0. The van der Waals surface area contributed by atoms with Crippen LogP contribution in [0.25, 0.3) is 5.69 Å². The number of carboxylic acid groups (broad SMARTS) is 1. The molecule has 0 bridgehead atoms. The molecule has 2 aliphatic heterocycles. The van der Waals surface area contributed by atoms with Gasteiger partial charge in [-0.1, -0.05) is 35.4 Å². The molecule has 10 nitrogen and oxygen atoms in total. The van der Waals surface area contributed by atoms with Crippen molar-refractivity contribution >= 4 is 17.7 Å². The number of alkyl halides is 3. The van der Waals surface area contributed by atoms with Crippen LogP contribution in [0.3, 0.4) is 0 Å². The molecular weight excluding hydrogens is 599 g/mol. The first kappa shape index (κ1) is 31.6. The van der Waals surface area contributed by atoms with Crippen molar-refractivity contribution in [1.82, 2.24) is 25.1 Å². The van der Waals surface area contributed by atoms with E-state index >= 15 is 0 Å². The van der Waals surface area contributed by atoms with Crippen LogP contribution in [-0.2, 0) is 4.79 Å². The smallest absolute Gasteiger partial charge is 0.429 e. The van der Waals surface area contributed by atoms with Gasteiger partial charge < -0.3 is 25.8 Å². The first-order chi connectivity index (χ1) is 21.8. The fourth-order valence-electron chi connectivity index (χ4n) is 6.72. The van der Waals surface area contributed by atoms with Crippen molar-refractivity contribution in [2.45, 2.75) is 70.7 Å². The maximum Gasteiger partial charge on any atom is 0.429 e. The topological polar surface area (TPSA) is 131 Å². The fraction of sp³-hybridized carbons (Fsp3) is 0.455. The molecule has 13 heteroatoms. The van der Waals surface area contributed by atoms with Crippen LogP contribution in [0.15, 0.2) is 59.8 Å². The second kappa shape index (κ2) is 12.1. The highest BCUT2D eigenvalue weighted by molar-refractivity contribution is 5.74. The van der Waals surface area contributed by atoms with E-state index in [1.807, 2.05) is 18.7 Å². The molecular formula is C33H38F3N7O3. The van der Waals surface area contributed by atoms with Gasteiger partial charge in [0.2, 0.25) is 17.9 Å². The molecule has 1 spiro atoms. The number of nitrogens with one attached hydrogen (secondary N) is 1. The Morgan fingerprint density at radius 1 is 1.13 bits per heavy atom. The van der Waals surface area contributed by atoms with Crippen LogP contribution >= 0.6 is 0 Å². The third kappa shape index (κ3) is 6.46. The number of benzene rings is 1. The summed E-state index contributed by atoms with van der Waals surface area (Å²) in [5, 5.41) is 16.9. The molecule has 244 valence electrons. The van der Waals surface area contributed by atoms with Gasteiger partial charge in [0.25, 0.3) is 0 Å². The molecule has 0 amide bonds. The predicted octanol–water partition coefficient (Wildman–Crippen LogP) is 5.65. The Kier molecular flexibility index (Phi) is 8.30. The SMILES string of the molecule is CC1=CCC(c2ccc([C@H](Oc3cc(N4CCC5(CC4)CN[C@@H](C(=O)O)C5)nc(N)n3)C(F)(F)F)c(-n3ccc(C)n3)c2)C=C1C. The highest BCUT2D eigenvalue weighted by Crippen LogP contribution is 2.43. The number of carbonyl (C=O) groups is 1. The fourth-order valence-corrected chi connectivity index (χ4v) is 6.72. The zero-order valence-corrected chi connectivity index (χ0v) is 26.0. The lowest BCUT2D eigenvalue weighted by Crippen LogP contribution is -2.41. The Morgan fingerprint density at radius 3 is 2.52 bits per heavy atom. The lowest BCUT2D eigenvalue weighted by Gasteiger charge is -2.39. The molecule has 46 heavy (non-hydrogen) atoms. The molecule has 6 rings (SSSR count). The largest absolute Gasteiger partial charge is 0.480 e. The molecule has 3 aliphatic rings. The summed E-state index contributed by atoms with van der Waals surface area (Å²) in [5.41, 5.74) is 9.87. The van der Waals surface area contributed by atoms with Gasteiger partial charge in [-0.3, -0.25) is 4.79 Å². The number of aliphatic carboxylic acids is 1. The number of allylic oxidation sites excluding steroid dienone is 4. The van der Waals surface area contributed by atoms with Gasteiger partial charge in [-0.2, -0.15) is 28.2 Å². The number of ether oxygens (including phenoxy) is 1. The van der Waals surface area contributed by atoms with Gasteiger partial charge in [0.1, 0.15) is 11.9 Å². The van der Waals surface area contributed by atoms with Crippen LogP contribution in [0, 0.1) is 12.3 Å². The molecule has 2 saturated heterocycles. The van der Waals surface area contributed by atoms with Crippen LogP contribution in [0.1, 0.15) is 68.4 Å². The van der Waals surface area contributed by atoms with E-state index in [9.17, 15) is 23.1 Å². The summed E-state index contributed by atoms with van der Waals surface area (Å²) in [6.45, 7) is 7.55. The lowest BCUT2D eigenvalue weighted by molar-refractivity contribution is -0.198. The Balaban J connectivity index is 1.29. The van der Waals surface area contributed by atoms with E-state index in [1.54, 1.807) is 31.3 Å². The third-order valence-electron chi connectivity index (χ3n) is 9.53. The first-order valence-corrected chi connectivity index (χ1v) is 15.4. The maximum atomic E-state index is 14.9. The average molecular weight is 638 g/mol. The van der Waals surface area contributed by atoms with E-state index in [-0.39, 0.29) is 34.4 Å². The first-order valence-electron chi connectivity index (χ1n) is 15.4. The van der Waals surface area contributed by atoms with E-state index in [4.69, 9.17) is 10.5 Å². The summed E-state index contributed by atoms with van der Waals surface area (Å²) in [6, 6.07) is 7.48. The minimum Gasteiger partial charge on any atom is -0.480 e. The van der Waals surface area contributed by atoms with Crippen molar-refractivity contribution in [3.05, 3.63) is 76.6 Å². The third-order valence-corrected chi connectivity index (χ3v) is 9.53. The standard InChI is InChI=1S/C33H38F3N7O3/c1-19-4-5-22(14-20(19)2)23-6-7-24(26(15-23)43-11-8-21(3)41-43)29(33(34,35)36)46-28-16-27(39-31(37)40-28)42-12-9-32(10-13-42)17-25(30(44)45)38-18-32/h4,6-8,11,14-16,22,25,29,38H,5,9-10,12-13,17-18H2,1-3H3,(H,44,45)(H2,37,39,40)/t22?,25-,29+/m1/s1. The number of nitrogen functional groups attached to an aromatic ring is 1. The van der Waals surface area contributed by atoms with Crippen LogP contribution in [0.2, 0.25) is 0 Å². The van der Waals surface area contributed by atoms with Crippen molar-refractivity contribution in [1.29, 1.82) is 0 Å². The number of aryl methyl sites for hydroxylation is 1. The van der Waals surface area contributed by atoms with Crippen molar-refractivity contribution in [3.8, 4) is 11.6 Å². The van der Waals surface area contributed by atoms with Gasteiger partial charge >= 0.3 is 12.1 Å². The molecule has 2 fully saturated rings. The molecule has 0 radical (unpaired) electrons. The van der Waals surface area contributed by atoms with Crippen LogP contribution in [-0.4, -0.2) is 62.7 Å². The highest BCUT2D eigenvalue weighted by Gasteiger charge is 2.46. The van der Waals surface area contributed by atoms with Crippen molar-refractivity contribution in [3.63, 3.8) is 0 Å². The molecule has 3 aromatic rings. The molecule has 3 atom stereocenters. The Bertz CT molecular complexity index is 1690. The van der Waals surface area contributed by atoms with Crippen LogP contribution < -0.4 is 20.7 Å². The summed E-state index contributed by atoms with van der Waals surface area (Å²) in [4.78, 5) is 21.7. The quantitative estimate of drug-likeness (QED) is 0.301. The molecule has 0 saturated carbocycles. The van der Waals surface area contributed by atoms with Gasteiger partial charge in [0, 0.05) is 43.4 Å². The Labute approximate surface area is 265 Å². The summed E-state index contributed by atoms with van der Waals surface area (Å²) in [6.07, 6.45) is 1.46. The minimum atomic E-state index is -4.80. The number of anilines is 2. The number of aromatic nitrogens is 4. The zero-order chi connectivity index (χ0) is 32.8. The van der Waals surface area contributed by atoms with Gasteiger partial charge in [-0.15, -0.1) is 0 Å². The van der Waals surface area contributed by atoms with E-state index in [0.717, 1.165) is 17.6 Å². The Hall–Kier alpha value is -4.39. The second-order valence-corrected chi connectivity index (χ2v) is 12.7. The molecule has 4 N–H and O–H groups in total. The second-order valence-electron chi connectivity index (χ2n) is 12.7. The van der Waals surface area contributed by atoms with Gasteiger partial charge in [0.15, 0.2) is 0 Å². The summed E-state index contributed by atoms with van der Waals surface area (Å²) < 4.78 is 51.7. The van der Waals surface area contributed by atoms with E-state index in [0.29, 0.717) is 50.4 Å². The van der Waals surface area contributed by atoms with E-state index < -0.39 is 24.3 Å². The Morgan fingerprint density at radius 2 is 1.89 bits per heavy atom. The van der Waals surface area contributed by atoms with Gasteiger partial charge in [-0.05, 0) is 69.6 Å². The predicted molar refractivity (Wildman–Crippen MR) is 167 cm³/mol. The monoisotopic (exact) mass is 637 g/mol. The number of rotatable bonds is 7. The van der Waals surface area contributed by atoms with Crippen molar-refractivity contribution < 1.29 is 27.8 Å². The molecule has 2 aromatic heterocycles. The number of nitrogens with zero attached hydrogens (tertiary/aromatic N) is 5. The number of carboxylic acids is 1. The minimum absolute atomic E-state index is 0.0151. The van der Waals surface area contributed by atoms with Crippen LogP contribution in [0.5, 0.6) is 5.88 Å². The summed E-state index contributed by atoms with van der Waals surface area (Å²) >= 11 is 0. The van der Waals surface area contributed by atoms with Crippen molar-refractivity contribution in [2.75, 3.05) is 30.3 Å². The van der Waals surface area contributed by atoms with Crippen molar-refractivity contribution in [2.24, 2.45) is 5.41 Å². The van der Waals surface area contributed by atoms with E-state index in [2.05, 4.69) is 32.5 Å². The number of hydrogen-bond donors (Lipinski definition) is 3. The maximum absolute atomic E-state index is 14.9. The number of piperidine rings is 1. The highest BCUT2D eigenvalue weighted by atomic mass is 19.4. The molecule has 1 unspecified atom stereocenters. The summed E-state index contributed by atoms with van der Waals surface area (Å²) in [7, 11) is 0. The average Bonchev–Trinajstić information content (AvgIpc) is 3.63. The number of halogens is 3. The number of hydrogen-bond acceptors (Lipinski definition) is 8.